The largest absolute Gasteiger partial charge is 0.0654 e. The summed E-state index contributed by atoms with van der Waals surface area (Å²) in [7, 11) is 0. The van der Waals surface area contributed by atoms with Gasteiger partial charge in [-0.3, -0.25) is 0 Å². The Kier molecular flexibility index (Phi) is 6.94. The minimum atomic E-state index is -0.597. The van der Waals surface area contributed by atoms with Gasteiger partial charge in [0, 0.05) is 2.74 Å². The molecule has 0 heterocycles. The van der Waals surface area contributed by atoms with Crippen LogP contribution >= 0.6 is 0 Å². The van der Waals surface area contributed by atoms with E-state index in [0.717, 1.165) is 12.8 Å². The van der Waals surface area contributed by atoms with E-state index < -0.39 is 6.88 Å². The van der Waals surface area contributed by atoms with E-state index in [0.29, 0.717) is 0 Å². The van der Waals surface area contributed by atoms with Gasteiger partial charge < -0.3 is 0 Å². The van der Waals surface area contributed by atoms with Crippen molar-refractivity contribution in [2.45, 2.75) is 71.6 Å². The molecule has 0 radical (unpaired) electrons. The van der Waals surface area contributed by atoms with Gasteiger partial charge in [-0.25, -0.2) is 0 Å². The van der Waals surface area contributed by atoms with Crippen molar-refractivity contribution in [3.8, 4) is 0 Å². The number of hydrogen-bond donors (Lipinski definition) is 0. The van der Waals surface area contributed by atoms with E-state index in [1.165, 1.54) is 44.9 Å². The van der Waals surface area contributed by atoms with Gasteiger partial charge in [-0.2, -0.15) is 0 Å². The highest BCUT2D eigenvalue weighted by Gasteiger charge is 1.88. The highest BCUT2D eigenvalue weighted by molar-refractivity contribution is 4.44. The normalized spacial score (nSPS) is 13.3. The summed E-state index contributed by atoms with van der Waals surface area (Å²) in [5.74, 6) is 0. The van der Waals surface area contributed by atoms with E-state index in [4.69, 9.17) is 2.74 Å². The molecule has 0 spiro atoms. The van der Waals surface area contributed by atoms with Gasteiger partial charge in [-0.1, -0.05) is 71.6 Å². The highest BCUT2D eigenvalue weighted by Crippen LogP contribution is 2.08. The van der Waals surface area contributed by atoms with Gasteiger partial charge in [0.2, 0.25) is 0 Å². The number of rotatable bonds is 8. The molecule has 0 aliphatic rings. The lowest BCUT2D eigenvalue weighted by Gasteiger charge is -1.98. The van der Waals surface area contributed by atoms with Gasteiger partial charge in [0.25, 0.3) is 0 Å². The Hall–Kier alpha value is 0. The fraction of sp³-hybridized carbons (Fsp3) is 1.00. The molecule has 0 aliphatic carbocycles. The first-order valence-electron chi connectivity index (χ1n) is 6.27. The summed E-state index contributed by atoms with van der Waals surface area (Å²) in [6.07, 6.45) is 11.2. The standard InChI is InChI=1S/C11H24/c1-3-5-7-9-11-10-8-6-4-2/h3-11H2,1-2H3/i1D2. The highest BCUT2D eigenvalue weighted by atomic mass is 13.9. The van der Waals surface area contributed by atoms with Crippen LogP contribution in [0.25, 0.3) is 0 Å². The Bertz CT molecular complexity index is 92.1. The second kappa shape index (κ2) is 10.0. The number of hydrogen-bond acceptors (Lipinski definition) is 0. The zero-order valence-corrected chi connectivity index (χ0v) is 7.94. The predicted octanol–water partition coefficient (Wildman–Crippen LogP) is 4.54. The Morgan fingerprint density at radius 1 is 0.727 bits per heavy atom. The van der Waals surface area contributed by atoms with E-state index >= 15 is 0 Å². The SMILES string of the molecule is [2H]C([2H])CCCCCCCCCC. The summed E-state index contributed by atoms with van der Waals surface area (Å²) < 4.78 is 14.0. The summed E-state index contributed by atoms with van der Waals surface area (Å²) >= 11 is 0. The van der Waals surface area contributed by atoms with E-state index in [1.54, 1.807) is 0 Å². The molecule has 0 amide bonds. The van der Waals surface area contributed by atoms with E-state index in [1.807, 2.05) is 0 Å². The second-order valence-electron chi connectivity index (χ2n) is 3.26. The zero-order chi connectivity index (χ0) is 9.94. The number of unbranched alkanes of at least 4 members (excludes halogenated alkanes) is 7. The van der Waals surface area contributed by atoms with Crippen LogP contribution in [0.4, 0.5) is 0 Å². The molecule has 0 saturated carbocycles. The lowest BCUT2D eigenvalue weighted by molar-refractivity contribution is 0.572. The molecule has 0 bridgehead atoms. The van der Waals surface area contributed by atoms with E-state index in [2.05, 4.69) is 6.92 Å². The van der Waals surface area contributed by atoms with Crippen LogP contribution in [0.15, 0.2) is 0 Å². The molecule has 0 heteroatoms. The van der Waals surface area contributed by atoms with Gasteiger partial charge >= 0.3 is 0 Å². The van der Waals surface area contributed by atoms with Crippen LogP contribution < -0.4 is 0 Å². The summed E-state index contributed by atoms with van der Waals surface area (Å²) in [6.45, 7) is 1.64. The van der Waals surface area contributed by atoms with Crippen LogP contribution in [0.3, 0.4) is 0 Å². The first-order chi connectivity index (χ1) is 6.27. The fourth-order valence-corrected chi connectivity index (χ4v) is 1.28. The topological polar surface area (TPSA) is 0 Å². The molecule has 0 atom stereocenters. The van der Waals surface area contributed by atoms with Gasteiger partial charge in [-0.15, -0.1) is 0 Å². The molecule has 0 aliphatic heterocycles. The van der Waals surface area contributed by atoms with Crippen LogP contribution in [-0.2, 0) is 0 Å². The van der Waals surface area contributed by atoms with Crippen molar-refractivity contribution in [3.05, 3.63) is 0 Å². The zero-order valence-electron chi connectivity index (χ0n) is 9.94. The monoisotopic (exact) mass is 158 g/mol. The van der Waals surface area contributed by atoms with Crippen molar-refractivity contribution in [1.29, 1.82) is 0 Å². The van der Waals surface area contributed by atoms with Gasteiger partial charge in [0.1, 0.15) is 0 Å². The third kappa shape index (κ3) is 10.0. The molecule has 68 valence electrons. The van der Waals surface area contributed by atoms with Crippen LogP contribution in [-0.4, -0.2) is 0 Å². The minimum Gasteiger partial charge on any atom is -0.0654 e. The van der Waals surface area contributed by atoms with E-state index in [-0.39, 0.29) is 0 Å². The average molecular weight is 158 g/mol. The van der Waals surface area contributed by atoms with Crippen molar-refractivity contribution >= 4 is 0 Å². The average Bonchev–Trinajstić information content (AvgIpc) is 2.09. The first kappa shape index (κ1) is 7.64. The Morgan fingerprint density at radius 2 is 1.18 bits per heavy atom. The molecular formula is C11H24. The summed E-state index contributed by atoms with van der Waals surface area (Å²) in [5, 5.41) is 0. The maximum Gasteiger partial charge on any atom is 0.0230 e. The molecule has 0 N–H and O–H groups in total. The molecule has 0 nitrogen and oxygen atoms in total. The third-order valence-corrected chi connectivity index (χ3v) is 2.06. The Balaban J connectivity index is 2.84. The molecule has 0 saturated heterocycles. The van der Waals surface area contributed by atoms with Crippen molar-refractivity contribution in [1.82, 2.24) is 0 Å². The van der Waals surface area contributed by atoms with Crippen molar-refractivity contribution in [3.63, 3.8) is 0 Å². The quantitative estimate of drug-likeness (QED) is 0.455. The van der Waals surface area contributed by atoms with Crippen LogP contribution in [0, 0.1) is 0 Å². The lowest BCUT2D eigenvalue weighted by Crippen LogP contribution is -1.79. The Morgan fingerprint density at radius 3 is 1.64 bits per heavy atom. The predicted molar refractivity (Wildman–Crippen MR) is 52.9 cm³/mol. The molecular weight excluding hydrogens is 132 g/mol. The summed E-state index contributed by atoms with van der Waals surface area (Å²) in [4.78, 5) is 0. The van der Waals surface area contributed by atoms with Crippen molar-refractivity contribution < 1.29 is 2.74 Å². The van der Waals surface area contributed by atoms with Crippen molar-refractivity contribution in [2.75, 3.05) is 0 Å². The molecule has 0 fully saturated rings. The van der Waals surface area contributed by atoms with Crippen molar-refractivity contribution in [2.24, 2.45) is 0 Å². The molecule has 0 aromatic heterocycles. The Labute approximate surface area is 75.2 Å². The second-order valence-corrected chi connectivity index (χ2v) is 3.26. The van der Waals surface area contributed by atoms with E-state index in [9.17, 15) is 0 Å². The smallest absolute Gasteiger partial charge is 0.0230 e. The molecule has 0 aromatic rings. The maximum absolute atomic E-state index is 7.02. The summed E-state index contributed by atoms with van der Waals surface area (Å²) in [5.41, 5.74) is 0. The third-order valence-electron chi connectivity index (χ3n) is 2.06. The lowest BCUT2D eigenvalue weighted by atomic mass is 10.1. The van der Waals surface area contributed by atoms with Crippen LogP contribution in [0.2, 0.25) is 0 Å². The summed E-state index contributed by atoms with van der Waals surface area (Å²) in [6, 6.07) is 0. The molecule has 11 heavy (non-hydrogen) atoms. The molecule has 0 unspecified atom stereocenters. The van der Waals surface area contributed by atoms with Gasteiger partial charge in [0.05, 0.1) is 0 Å². The van der Waals surface area contributed by atoms with Gasteiger partial charge in [0.15, 0.2) is 0 Å². The fourth-order valence-electron chi connectivity index (χ4n) is 1.28. The molecule has 0 rings (SSSR count). The van der Waals surface area contributed by atoms with Crippen LogP contribution in [0.5, 0.6) is 0 Å². The minimum absolute atomic E-state index is 0.597. The molecule has 0 aromatic carbocycles. The van der Waals surface area contributed by atoms with Gasteiger partial charge in [-0.05, 0) is 0 Å². The van der Waals surface area contributed by atoms with Crippen LogP contribution in [0.1, 0.15) is 74.3 Å². The maximum atomic E-state index is 7.02. The first-order valence-corrected chi connectivity index (χ1v) is 5.12.